The van der Waals surface area contributed by atoms with E-state index in [0.29, 0.717) is 11.5 Å². The second-order valence-electron chi connectivity index (χ2n) is 10.1. The van der Waals surface area contributed by atoms with Gasteiger partial charge in [0.25, 0.3) is 0 Å². The van der Waals surface area contributed by atoms with Gasteiger partial charge in [-0.2, -0.15) is 0 Å². The Kier molecular flexibility index (Phi) is 7.69. The lowest BCUT2D eigenvalue weighted by Crippen LogP contribution is -2.48. The number of aromatic nitrogens is 2. The maximum absolute atomic E-state index is 6.75. The molecule has 6 heteroatoms. The van der Waals surface area contributed by atoms with Gasteiger partial charge in [0.15, 0.2) is 11.6 Å². The predicted molar refractivity (Wildman–Crippen MR) is 163 cm³/mol. The summed E-state index contributed by atoms with van der Waals surface area (Å²) in [5, 5.41) is 3.62. The summed E-state index contributed by atoms with van der Waals surface area (Å²) in [5.41, 5.74) is 12.2. The molecule has 0 amide bonds. The third kappa shape index (κ3) is 5.53. The van der Waals surface area contributed by atoms with Crippen molar-refractivity contribution in [1.29, 1.82) is 0 Å². The smallest absolute Gasteiger partial charge is 0.157 e. The van der Waals surface area contributed by atoms with Crippen LogP contribution in [0.15, 0.2) is 128 Å². The molecule has 1 aromatic heterocycles. The Morgan fingerprint density at radius 1 is 0.575 bits per heavy atom. The lowest BCUT2D eigenvalue weighted by molar-refractivity contribution is 0.212. The highest BCUT2D eigenvalue weighted by Gasteiger charge is 2.28. The molecule has 0 saturated carbocycles. The van der Waals surface area contributed by atoms with Gasteiger partial charge in [-0.25, -0.2) is 9.97 Å². The summed E-state index contributed by atoms with van der Waals surface area (Å²) in [7, 11) is 0. The number of rotatable bonds is 8. The first-order valence-electron chi connectivity index (χ1n) is 13.8. The summed E-state index contributed by atoms with van der Waals surface area (Å²) in [6.45, 7) is 3.46. The minimum atomic E-state index is -0.0817. The van der Waals surface area contributed by atoms with Crippen molar-refractivity contribution < 1.29 is 0 Å². The van der Waals surface area contributed by atoms with Crippen LogP contribution < -0.4 is 16.0 Å². The van der Waals surface area contributed by atoms with E-state index in [9.17, 15) is 0 Å². The fraction of sp³-hybridized carbons (Fsp3) is 0.176. The van der Waals surface area contributed by atoms with Crippen LogP contribution in [0, 0.1) is 0 Å². The van der Waals surface area contributed by atoms with E-state index in [4.69, 9.17) is 5.73 Å². The monoisotopic (exact) mass is 526 g/mol. The summed E-state index contributed by atoms with van der Waals surface area (Å²) in [6, 6.07) is 42.4. The molecule has 0 atom stereocenters. The van der Waals surface area contributed by atoms with Crippen molar-refractivity contribution in [3.8, 4) is 0 Å². The van der Waals surface area contributed by atoms with Crippen LogP contribution in [0.4, 0.5) is 17.3 Å². The number of nitrogens with zero attached hydrogens (tertiary/aromatic N) is 4. The molecule has 0 unspecified atom stereocenters. The molecule has 3 N–H and O–H groups in total. The Morgan fingerprint density at radius 3 is 1.50 bits per heavy atom. The number of hydrogen-bond donors (Lipinski definition) is 2. The zero-order chi connectivity index (χ0) is 27.1. The molecule has 5 aromatic rings. The molecule has 0 spiro atoms. The molecule has 0 aliphatic carbocycles. The number of nitrogens with two attached hydrogens (primary N) is 1. The average molecular weight is 527 g/mol. The number of benzene rings is 4. The molecule has 40 heavy (non-hydrogen) atoms. The van der Waals surface area contributed by atoms with Crippen LogP contribution in [0.2, 0.25) is 0 Å². The molecule has 1 aliphatic heterocycles. The van der Waals surface area contributed by atoms with E-state index in [1.165, 1.54) is 11.1 Å². The number of nitrogen functional groups attached to an aromatic ring is 1. The highest BCUT2D eigenvalue weighted by Crippen LogP contribution is 2.34. The van der Waals surface area contributed by atoms with Crippen molar-refractivity contribution in [2.75, 3.05) is 42.1 Å². The van der Waals surface area contributed by atoms with Gasteiger partial charge in [0.05, 0.1) is 12.1 Å². The van der Waals surface area contributed by atoms with E-state index in [0.717, 1.165) is 43.1 Å². The standard InChI is InChI=1S/C34H34N6/c35-30-33(38-31(26-13-5-1-6-14-26)27-15-7-2-8-16-27)36-25-37-34(30)40-23-21-39(22-24-40)32(28-17-9-3-10-18-28)29-19-11-4-12-20-29/h1-20,25,31-32H,21-24,35H2,(H,36,37,38). The first-order chi connectivity index (χ1) is 19.8. The summed E-state index contributed by atoms with van der Waals surface area (Å²) >= 11 is 0. The van der Waals surface area contributed by atoms with E-state index in [1.54, 1.807) is 6.33 Å². The third-order valence-electron chi connectivity index (χ3n) is 7.62. The molecule has 2 heterocycles. The minimum absolute atomic E-state index is 0.0817. The average Bonchev–Trinajstić information content (AvgIpc) is 3.03. The molecule has 6 rings (SSSR count). The Labute approximate surface area is 236 Å². The quantitative estimate of drug-likeness (QED) is 0.252. The van der Waals surface area contributed by atoms with Crippen molar-refractivity contribution in [3.63, 3.8) is 0 Å². The van der Waals surface area contributed by atoms with Crippen LogP contribution in [0.25, 0.3) is 0 Å². The van der Waals surface area contributed by atoms with Gasteiger partial charge < -0.3 is 16.0 Å². The normalized spacial score (nSPS) is 14.0. The Bertz CT molecular complexity index is 1410. The van der Waals surface area contributed by atoms with Crippen LogP contribution in [-0.2, 0) is 0 Å². The largest absolute Gasteiger partial charge is 0.393 e. The highest BCUT2D eigenvalue weighted by atomic mass is 15.3. The van der Waals surface area contributed by atoms with E-state index >= 15 is 0 Å². The highest BCUT2D eigenvalue weighted by molar-refractivity contribution is 5.75. The van der Waals surface area contributed by atoms with Crippen molar-refractivity contribution in [1.82, 2.24) is 14.9 Å². The second-order valence-corrected chi connectivity index (χ2v) is 10.1. The Balaban J connectivity index is 1.22. The third-order valence-corrected chi connectivity index (χ3v) is 7.62. The SMILES string of the molecule is Nc1c(NC(c2ccccc2)c2ccccc2)ncnc1N1CCN(C(c2ccccc2)c2ccccc2)CC1. The van der Waals surface area contributed by atoms with Crippen molar-refractivity contribution in [2.24, 2.45) is 0 Å². The molecule has 0 bridgehead atoms. The molecule has 1 aliphatic rings. The fourth-order valence-corrected chi connectivity index (χ4v) is 5.62. The Morgan fingerprint density at radius 2 is 1.02 bits per heavy atom. The van der Waals surface area contributed by atoms with Gasteiger partial charge in [-0.15, -0.1) is 0 Å². The van der Waals surface area contributed by atoms with Gasteiger partial charge in [0.1, 0.15) is 12.0 Å². The van der Waals surface area contributed by atoms with E-state index in [1.807, 2.05) is 12.1 Å². The summed E-state index contributed by atoms with van der Waals surface area (Å²) < 4.78 is 0. The number of hydrogen-bond acceptors (Lipinski definition) is 6. The molecular formula is C34H34N6. The maximum atomic E-state index is 6.75. The van der Waals surface area contributed by atoms with Gasteiger partial charge in [0, 0.05) is 26.2 Å². The number of piperazine rings is 1. The van der Waals surface area contributed by atoms with Gasteiger partial charge in [0.2, 0.25) is 0 Å². The van der Waals surface area contributed by atoms with Crippen LogP contribution in [0.5, 0.6) is 0 Å². The van der Waals surface area contributed by atoms with Crippen molar-refractivity contribution in [3.05, 3.63) is 150 Å². The molecule has 6 nitrogen and oxygen atoms in total. The van der Waals surface area contributed by atoms with Gasteiger partial charge >= 0.3 is 0 Å². The van der Waals surface area contributed by atoms with Gasteiger partial charge in [-0.3, -0.25) is 4.90 Å². The van der Waals surface area contributed by atoms with Crippen LogP contribution in [0.3, 0.4) is 0 Å². The van der Waals surface area contributed by atoms with E-state index < -0.39 is 0 Å². The summed E-state index contributed by atoms with van der Waals surface area (Å²) in [4.78, 5) is 14.0. The Hall–Kier alpha value is -4.68. The molecular weight excluding hydrogens is 492 g/mol. The lowest BCUT2D eigenvalue weighted by Gasteiger charge is -2.40. The van der Waals surface area contributed by atoms with Crippen molar-refractivity contribution >= 4 is 17.3 Å². The van der Waals surface area contributed by atoms with Crippen molar-refractivity contribution in [2.45, 2.75) is 12.1 Å². The number of nitrogens with one attached hydrogen (secondary N) is 1. The maximum Gasteiger partial charge on any atom is 0.157 e. The topological polar surface area (TPSA) is 70.3 Å². The van der Waals surface area contributed by atoms with E-state index in [2.05, 4.69) is 134 Å². The fourth-order valence-electron chi connectivity index (χ4n) is 5.62. The molecule has 200 valence electrons. The zero-order valence-electron chi connectivity index (χ0n) is 22.5. The number of anilines is 3. The molecule has 1 fully saturated rings. The second kappa shape index (κ2) is 12.0. The minimum Gasteiger partial charge on any atom is -0.393 e. The van der Waals surface area contributed by atoms with E-state index in [-0.39, 0.29) is 12.1 Å². The van der Waals surface area contributed by atoms with Crippen LogP contribution >= 0.6 is 0 Å². The summed E-state index contributed by atoms with van der Waals surface area (Å²) in [5.74, 6) is 1.43. The molecule has 4 aromatic carbocycles. The van der Waals surface area contributed by atoms with Gasteiger partial charge in [-0.05, 0) is 22.3 Å². The molecule has 1 saturated heterocycles. The summed E-state index contributed by atoms with van der Waals surface area (Å²) in [6.07, 6.45) is 1.62. The predicted octanol–water partition coefficient (Wildman–Crippen LogP) is 6.17. The molecule has 0 radical (unpaired) electrons. The van der Waals surface area contributed by atoms with Crippen LogP contribution in [0.1, 0.15) is 34.3 Å². The first-order valence-corrected chi connectivity index (χ1v) is 13.8. The van der Waals surface area contributed by atoms with Gasteiger partial charge in [-0.1, -0.05) is 121 Å². The zero-order valence-corrected chi connectivity index (χ0v) is 22.5. The van der Waals surface area contributed by atoms with Crippen LogP contribution in [-0.4, -0.2) is 41.0 Å². The lowest BCUT2D eigenvalue weighted by atomic mass is 9.96. The first kappa shape index (κ1) is 25.6.